The maximum Gasteiger partial charge on any atom is 0.408 e. The van der Waals surface area contributed by atoms with Crippen LogP contribution in [0.3, 0.4) is 0 Å². The number of ether oxygens (including phenoxy) is 2. The van der Waals surface area contributed by atoms with E-state index in [4.69, 9.17) is 24.7 Å². The Hall–Kier alpha value is -0.230. The molecule has 0 aliphatic heterocycles. The standard InChI is InChI=1S/C18H34N4O10S7/c23-1-3-27-17(25)21-9-35-13-34-8-20-6-31-32-12-38-16-39-15-37-11-28-18(26)22-10-36-14-33-7-19-5-30-29-4-2-24/h5-6,23-24H,1-4,7-16H2,(H,21,25)(H,22,26)/b19-5+,20-6+. The SMILES string of the molecule is O=C(NCSCSC/N=C/OOCSCSCSCOC(=O)NCSCSC/N=C/OOCCO)OCCO. The molecule has 0 atom stereocenters. The Morgan fingerprint density at radius 2 is 1.18 bits per heavy atom. The van der Waals surface area contributed by atoms with Gasteiger partial charge in [-0.25, -0.2) is 19.6 Å². The van der Waals surface area contributed by atoms with E-state index < -0.39 is 12.2 Å². The van der Waals surface area contributed by atoms with Crippen molar-refractivity contribution in [3.8, 4) is 0 Å². The highest BCUT2D eigenvalue weighted by Crippen LogP contribution is 2.18. The minimum absolute atomic E-state index is 0.0159. The minimum Gasteiger partial charge on any atom is -0.447 e. The van der Waals surface area contributed by atoms with Crippen LogP contribution in [0.15, 0.2) is 9.98 Å². The second-order valence-electron chi connectivity index (χ2n) is 5.76. The smallest absolute Gasteiger partial charge is 0.408 e. The van der Waals surface area contributed by atoms with E-state index in [0.29, 0.717) is 29.4 Å². The van der Waals surface area contributed by atoms with E-state index in [1.807, 2.05) is 0 Å². The molecular weight excluding hydrogens is 657 g/mol. The number of rotatable bonds is 28. The fraction of sp³-hybridized carbons (Fsp3) is 0.778. The van der Waals surface area contributed by atoms with Crippen LogP contribution in [0.5, 0.6) is 0 Å². The molecule has 0 bridgehead atoms. The lowest BCUT2D eigenvalue weighted by Crippen LogP contribution is -2.24. The summed E-state index contributed by atoms with van der Waals surface area (Å²) in [5.74, 6) is 2.48. The van der Waals surface area contributed by atoms with E-state index in [1.54, 1.807) is 47.0 Å². The first-order valence-electron chi connectivity index (χ1n) is 10.8. The number of thioether (sulfide) groups is 7. The number of nitrogens with one attached hydrogen (secondary N) is 2. The van der Waals surface area contributed by atoms with Crippen molar-refractivity contribution in [1.82, 2.24) is 10.6 Å². The molecule has 0 heterocycles. The molecule has 0 aromatic carbocycles. The van der Waals surface area contributed by atoms with Crippen molar-refractivity contribution in [3.05, 3.63) is 0 Å². The summed E-state index contributed by atoms with van der Waals surface area (Å²) in [7, 11) is 0. The molecule has 0 radical (unpaired) electrons. The zero-order valence-electron chi connectivity index (χ0n) is 21.0. The van der Waals surface area contributed by atoms with Gasteiger partial charge in [-0.3, -0.25) is 0 Å². The van der Waals surface area contributed by atoms with Gasteiger partial charge in [0.05, 0.1) is 36.7 Å². The molecule has 0 fully saturated rings. The molecule has 0 aromatic heterocycles. The average molecular weight is 691 g/mol. The number of amides is 2. The highest BCUT2D eigenvalue weighted by Gasteiger charge is 2.02. The number of aliphatic hydroxyl groups excluding tert-OH is 2. The summed E-state index contributed by atoms with van der Waals surface area (Å²) in [6, 6.07) is 0. The summed E-state index contributed by atoms with van der Waals surface area (Å²) in [6.07, 6.45) is 1.42. The Kier molecular flexibility index (Phi) is 33.8. The van der Waals surface area contributed by atoms with Crippen molar-refractivity contribution >= 4 is 107 Å². The molecule has 0 saturated heterocycles. The highest BCUT2D eigenvalue weighted by molar-refractivity contribution is 8.22. The first-order valence-corrected chi connectivity index (χ1v) is 18.9. The summed E-state index contributed by atoms with van der Waals surface area (Å²) >= 11 is 10.8. The number of aliphatic imine (C=N–C) groups is 2. The van der Waals surface area contributed by atoms with Crippen LogP contribution in [0.1, 0.15) is 0 Å². The third-order valence-corrected chi connectivity index (χ3v) is 10.2. The Bertz CT molecular complexity index is 633. The topological polar surface area (TPSA) is 179 Å². The van der Waals surface area contributed by atoms with Crippen LogP contribution in [0.2, 0.25) is 0 Å². The largest absolute Gasteiger partial charge is 0.447 e. The molecule has 21 heteroatoms. The molecular formula is C18H34N4O10S7. The fourth-order valence-electron chi connectivity index (χ4n) is 1.49. The van der Waals surface area contributed by atoms with Crippen molar-refractivity contribution in [2.24, 2.45) is 9.98 Å². The van der Waals surface area contributed by atoms with E-state index in [2.05, 4.69) is 35.1 Å². The normalized spacial score (nSPS) is 11.1. The summed E-state index contributed by atoms with van der Waals surface area (Å²) in [5.41, 5.74) is 0. The van der Waals surface area contributed by atoms with Crippen LogP contribution in [0.25, 0.3) is 0 Å². The van der Waals surface area contributed by atoms with E-state index in [9.17, 15) is 9.59 Å². The monoisotopic (exact) mass is 690 g/mol. The van der Waals surface area contributed by atoms with Crippen molar-refractivity contribution < 1.29 is 48.8 Å². The Morgan fingerprint density at radius 3 is 1.79 bits per heavy atom. The lowest BCUT2D eigenvalue weighted by atomic mass is 10.8. The first-order chi connectivity index (χ1) is 19.2. The van der Waals surface area contributed by atoms with Gasteiger partial charge in [0.2, 0.25) is 12.8 Å². The Balaban J connectivity index is 3.26. The van der Waals surface area contributed by atoms with Crippen molar-refractivity contribution in [2.45, 2.75) is 0 Å². The van der Waals surface area contributed by atoms with Crippen molar-refractivity contribution in [3.63, 3.8) is 0 Å². The molecule has 0 rings (SSSR count). The summed E-state index contributed by atoms with van der Waals surface area (Å²) in [4.78, 5) is 49.6. The molecule has 0 aliphatic rings. The van der Waals surface area contributed by atoms with Gasteiger partial charge in [0.25, 0.3) is 0 Å². The van der Waals surface area contributed by atoms with Gasteiger partial charge in [-0.1, -0.05) is 0 Å². The molecule has 0 unspecified atom stereocenters. The van der Waals surface area contributed by atoms with Crippen molar-refractivity contribution in [2.75, 3.05) is 82.2 Å². The number of nitrogens with zero attached hydrogens (tertiary/aromatic N) is 2. The van der Waals surface area contributed by atoms with E-state index in [-0.39, 0.29) is 32.4 Å². The molecule has 0 aromatic rings. The van der Waals surface area contributed by atoms with Gasteiger partial charge in [-0.15, -0.1) is 82.3 Å². The molecule has 0 aliphatic carbocycles. The van der Waals surface area contributed by atoms with Gasteiger partial charge in [0, 0.05) is 20.3 Å². The fourth-order valence-corrected chi connectivity index (χ4v) is 7.15. The van der Waals surface area contributed by atoms with Crippen molar-refractivity contribution in [1.29, 1.82) is 0 Å². The number of hydrogen-bond donors (Lipinski definition) is 4. The Morgan fingerprint density at radius 1 is 0.641 bits per heavy atom. The van der Waals surface area contributed by atoms with Crippen LogP contribution in [0.4, 0.5) is 9.59 Å². The number of carbonyl (C=O) groups is 2. The minimum atomic E-state index is -0.551. The van der Waals surface area contributed by atoms with Crippen LogP contribution in [-0.2, 0) is 29.0 Å². The summed E-state index contributed by atoms with van der Waals surface area (Å²) in [5, 5.41) is 25.3. The van der Waals surface area contributed by atoms with Crippen LogP contribution >= 0.6 is 82.3 Å². The molecule has 0 spiro atoms. The lowest BCUT2D eigenvalue weighted by molar-refractivity contribution is -0.221. The Labute approximate surface area is 257 Å². The molecule has 228 valence electrons. The predicted octanol–water partition coefficient (Wildman–Crippen LogP) is 3.08. The van der Waals surface area contributed by atoms with Gasteiger partial charge >= 0.3 is 12.2 Å². The number of aliphatic hydroxyl groups is 2. The molecule has 4 N–H and O–H groups in total. The zero-order valence-corrected chi connectivity index (χ0v) is 26.7. The maximum absolute atomic E-state index is 11.6. The van der Waals surface area contributed by atoms with E-state index >= 15 is 0 Å². The van der Waals surface area contributed by atoms with Crippen LogP contribution in [0, 0.1) is 0 Å². The van der Waals surface area contributed by atoms with E-state index in [0.717, 1.165) is 20.3 Å². The molecule has 14 nitrogen and oxygen atoms in total. The van der Waals surface area contributed by atoms with Gasteiger partial charge in [-0.05, 0) is 0 Å². The first kappa shape index (κ1) is 38.8. The third-order valence-electron chi connectivity index (χ3n) is 2.91. The number of hydrogen-bond acceptors (Lipinski definition) is 19. The van der Waals surface area contributed by atoms with Gasteiger partial charge in [0.15, 0.2) is 0 Å². The quantitative estimate of drug-likeness (QED) is 0.0235. The molecule has 2 amide bonds. The van der Waals surface area contributed by atoms with Crippen LogP contribution in [-0.4, -0.2) is 117 Å². The predicted molar refractivity (Wildman–Crippen MR) is 166 cm³/mol. The second-order valence-corrected chi connectivity index (χ2v) is 14.0. The maximum atomic E-state index is 11.6. The number of carbonyl (C=O) groups excluding carboxylic acids is 2. The zero-order chi connectivity index (χ0) is 28.5. The number of alkyl carbamates (subject to hydrolysis) is 2. The highest BCUT2D eigenvalue weighted by atomic mass is 32.2. The molecule has 0 saturated carbocycles. The summed E-state index contributed by atoms with van der Waals surface area (Å²) < 4.78 is 9.74. The van der Waals surface area contributed by atoms with Gasteiger partial charge < -0.3 is 40.1 Å². The molecule has 39 heavy (non-hydrogen) atoms. The van der Waals surface area contributed by atoms with Crippen LogP contribution < -0.4 is 10.6 Å². The average Bonchev–Trinajstić information content (AvgIpc) is 2.94. The second kappa shape index (κ2) is 34.0. The summed E-state index contributed by atoms with van der Waals surface area (Å²) in [6.45, 7) is -0.234. The van der Waals surface area contributed by atoms with E-state index in [1.165, 1.54) is 48.1 Å². The van der Waals surface area contributed by atoms with Gasteiger partial charge in [-0.2, -0.15) is 9.78 Å². The lowest BCUT2D eigenvalue weighted by Gasteiger charge is -2.06. The van der Waals surface area contributed by atoms with Gasteiger partial charge in [0.1, 0.15) is 25.1 Å². The third kappa shape index (κ3) is 33.9.